The van der Waals surface area contributed by atoms with E-state index >= 15 is 0 Å². The van der Waals surface area contributed by atoms with E-state index in [1.165, 1.54) is 0 Å². The Kier molecular flexibility index (Phi) is 6.18. The highest BCUT2D eigenvalue weighted by molar-refractivity contribution is 5.94. The summed E-state index contributed by atoms with van der Waals surface area (Å²) in [4.78, 5) is 12.1. The van der Waals surface area contributed by atoms with Crippen LogP contribution < -0.4 is 10.1 Å². The predicted octanol–water partition coefficient (Wildman–Crippen LogP) is 3.33. The van der Waals surface area contributed by atoms with Gasteiger partial charge in [0.1, 0.15) is 5.75 Å². The van der Waals surface area contributed by atoms with Gasteiger partial charge in [0.25, 0.3) is 5.91 Å². The van der Waals surface area contributed by atoms with Crippen LogP contribution in [0, 0.1) is 0 Å². The Morgan fingerprint density at radius 2 is 1.74 bits per heavy atom. The summed E-state index contributed by atoms with van der Waals surface area (Å²) in [5.74, 6) is 0.595. The number of amides is 1. The molecule has 2 rings (SSSR count). The second kappa shape index (κ2) is 8.34. The molecule has 0 radical (unpaired) electrons. The largest absolute Gasteiger partial charge is 0.491 e. The molecule has 0 heterocycles. The summed E-state index contributed by atoms with van der Waals surface area (Å²) < 4.78 is 5.55. The van der Waals surface area contributed by atoms with Gasteiger partial charge in [-0.05, 0) is 50.1 Å². The normalized spacial score (nSPS) is 12.0. The van der Waals surface area contributed by atoms with E-state index in [-0.39, 0.29) is 12.0 Å². The van der Waals surface area contributed by atoms with Crippen molar-refractivity contribution in [2.45, 2.75) is 32.5 Å². The second-order valence-corrected chi connectivity index (χ2v) is 5.66. The molecule has 0 spiro atoms. The number of aliphatic hydroxyl groups excluding tert-OH is 1. The van der Waals surface area contributed by atoms with E-state index in [2.05, 4.69) is 5.32 Å². The Morgan fingerprint density at radius 1 is 1.09 bits per heavy atom. The third-order valence-electron chi connectivity index (χ3n) is 3.38. The number of carbonyl (C=O) groups excluding carboxylic acids is 1. The smallest absolute Gasteiger partial charge is 0.251 e. The molecule has 23 heavy (non-hydrogen) atoms. The van der Waals surface area contributed by atoms with Crippen molar-refractivity contribution in [3.63, 3.8) is 0 Å². The van der Waals surface area contributed by atoms with Crippen LogP contribution in [0.15, 0.2) is 54.6 Å². The Morgan fingerprint density at radius 3 is 2.35 bits per heavy atom. The fourth-order valence-electron chi connectivity index (χ4n) is 2.22. The van der Waals surface area contributed by atoms with Gasteiger partial charge in [0.2, 0.25) is 0 Å². The van der Waals surface area contributed by atoms with E-state index in [9.17, 15) is 9.90 Å². The summed E-state index contributed by atoms with van der Waals surface area (Å²) in [7, 11) is 0. The lowest BCUT2D eigenvalue weighted by Gasteiger charge is -2.12. The molecule has 0 aliphatic carbocycles. The van der Waals surface area contributed by atoms with Crippen molar-refractivity contribution in [2.24, 2.45) is 0 Å². The van der Waals surface area contributed by atoms with Gasteiger partial charge in [0.15, 0.2) is 0 Å². The van der Waals surface area contributed by atoms with Crippen molar-refractivity contribution in [1.82, 2.24) is 5.32 Å². The second-order valence-electron chi connectivity index (χ2n) is 5.66. The van der Waals surface area contributed by atoms with E-state index in [1.54, 1.807) is 24.3 Å². The maximum absolute atomic E-state index is 12.1. The van der Waals surface area contributed by atoms with E-state index in [1.807, 2.05) is 44.2 Å². The van der Waals surface area contributed by atoms with E-state index < -0.39 is 6.10 Å². The zero-order valence-electron chi connectivity index (χ0n) is 13.5. The molecule has 122 valence electrons. The van der Waals surface area contributed by atoms with Crippen LogP contribution in [0.5, 0.6) is 5.75 Å². The third-order valence-corrected chi connectivity index (χ3v) is 3.38. The van der Waals surface area contributed by atoms with Gasteiger partial charge in [-0.2, -0.15) is 0 Å². The maximum Gasteiger partial charge on any atom is 0.251 e. The van der Waals surface area contributed by atoms with Crippen molar-refractivity contribution in [2.75, 3.05) is 6.54 Å². The SMILES string of the molecule is CC(C)Oc1ccc(C(=O)NCCC(O)c2ccccc2)cc1. The highest BCUT2D eigenvalue weighted by atomic mass is 16.5. The lowest BCUT2D eigenvalue weighted by Crippen LogP contribution is -2.25. The summed E-state index contributed by atoms with van der Waals surface area (Å²) in [5.41, 5.74) is 1.44. The molecule has 2 aromatic rings. The van der Waals surface area contributed by atoms with Gasteiger partial charge in [-0.1, -0.05) is 30.3 Å². The summed E-state index contributed by atoms with van der Waals surface area (Å²) in [6.07, 6.45) is 0.0112. The molecule has 0 bridgehead atoms. The lowest BCUT2D eigenvalue weighted by atomic mass is 10.1. The average Bonchev–Trinajstić information content (AvgIpc) is 2.55. The lowest BCUT2D eigenvalue weighted by molar-refractivity contribution is 0.0942. The van der Waals surface area contributed by atoms with Gasteiger partial charge >= 0.3 is 0 Å². The molecule has 0 aromatic heterocycles. The number of hydrogen-bond donors (Lipinski definition) is 2. The van der Waals surface area contributed by atoms with Crippen molar-refractivity contribution < 1.29 is 14.6 Å². The van der Waals surface area contributed by atoms with Crippen LogP contribution in [-0.4, -0.2) is 23.7 Å². The molecule has 4 nitrogen and oxygen atoms in total. The topological polar surface area (TPSA) is 58.6 Å². The highest BCUT2D eigenvalue weighted by Gasteiger charge is 2.09. The zero-order valence-corrected chi connectivity index (χ0v) is 13.5. The molecule has 2 N–H and O–H groups in total. The maximum atomic E-state index is 12.1. The molecular formula is C19H23NO3. The fraction of sp³-hybridized carbons (Fsp3) is 0.316. The van der Waals surface area contributed by atoms with Crippen LogP contribution in [0.2, 0.25) is 0 Å². The molecule has 0 aliphatic heterocycles. The van der Waals surface area contributed by atoms with Crippen LogP contribution in [0.4, 0.5) is 0 Å². The van der Waals surface area contributed by atoms with Gasteiger partial charge in [-0.25, -0.2) is 0 Å². The number of benzene rings is 2. The van der Waals surface area contributed by atoms with Crippen molar-refractivity contribution in [3.8, 4) is 5.75 Å². The Hall–Kier alpha value is -2.33. The van der Waals surface area contributed by atoms with E-state index in [4.69, 9.17) is 4.74 Å². The molecular weight excluding hydrogens is 290 g/mol. The minimum absolute atomic E-state index is 0.106. The first kappa shape index (κ1) is 17.0. The Bertz CT molecular complexity index is 608. The van der Waals surface area contributed by atoms with Crippen LogP contribution in [0.1, 0.15) is 42.3 Å². The molecule has 1 atom stereocenters. The Labute approximate surface area is 137 Å². The van der Waals surface area contributed by atoms with Crippen molar-refractivity contribution in [3.05, 3.63) is 65.7 Å². The first-order valence-electron chi connectivity index (χ1n) is 7.84. The number of aliphatic hydroxyl groups is 1. The van der Waals surface area contributed by atoms with Crippen LogP contribution >= 0.6 is 0 Å². The first-order chi connectivity index (χ1) is 11.1. The van der Waals surface area contributed by atoms with Crippen LogP contribution in [-0.2, 0) is 0 Å². The predicted molar refractivity (Wildman–Crippen MR) is 90.6 cm³/mol. The van der Waals surface area contributed by atoms with Crippen LogP contribution in [0.25, 0.3) is 0 Å². The number of rotatable bonds is 7. The summed E-state index contributed by atoms with van der Waals surface area (Å²) in [6.45, 7) is 4.33. The van der Waals surface area contributed by atoms with Crippen LogP contribution in [0.3, 0.4) is 0 Å². The molecule has 0 saturated carbocycles. The van der Waals surface area contributed by atoms with Gasteiger partial charge in [0.05, 0.1) is 12.2 Å². The van der Waals surface area contributed by atoms with Crippen molar-refractivity contribution in [1.29, 1.82) is 0 Å². The first-order valence-corrected chi connectivity index (χ1v) is 7.84. The standard InChI is InChI=1S/C19H23NO3/c1-14(2)23-17-10-8-16(9-11-17)19(22)20-13-12-18(21)15-6-4-3-5-7-15/h3-11,14,18,21H,12-13H2,1-2H3,(H,20,22). The molecule has 0 saturated heterocycles. The number of carbonyl (C=O) groups is 1. The summed E-state index contributed by atoms with van der Waals surface area (Å²) in [5, 5.41) is 12.9. The third kappa shape index (κ3) is 5.42. The molecule has 1 amide bonds. The van der Waals surface area contributed by atoms with E-state index in [0.717, 1.165) is 11.3 Å². The van der Waals surface area contributed by atoms with Crippen molar-refractivity contribution >= 4 is 5.91 Å². The minimum Gasteiger partial charge on any atom is -0.491 e. The number of ether oxygens (including phenoxy) is 1. The minimum atomic E-state index is -0.571. The molecule has 0 aliphatic rings. The quantitative estimate of drug-likeness (QED) is 0.824. The average molecular weight is 313 g/mol. The highest BCUT2D eigenvalue weighted by Crippen LogP contribution is 2.16. The summed E-state index contributed by atoms with van der Waals surface area (Å²) >= 11 is 0. The summed E-state index contributed by atoms with van der Waals surface area (Å²) in [6, 6.07) is 16.5. The molecule has 4 heteroatoms. The monoisotopic (exact) mass is 313 g/mol. The number of hydrogen-bond acceptors (Lipinski definition) is 3. The molecule has 0 fully saturated rings. The van der Waals surface area contributed by atoms with Gasteiger partial charge < -0.3 is 15.2 Å². The number of nitrogens with one attached hydrogen (secondary N) is 1. The zero-order chi connectivity index (χ0) is 16.7. The molecule has 1 unspecified atom stereocenters. The Balaban J connectivity index is 1.80. The van der Waals surface area contributed by atoms with E-state index in [0.29, 0.717) is 18.5 Å². The molecule has 2 aromatic carbocycles. The van der Waals surface area contributed by atoms with Gasteiger partial charge in [-0.15, -0.1) is 0 Å². The van der Waals surface area contributed by atoms with Gasteiger partial charge in [-0.3, -0.25) is 4.79 Å². The fourth-order valence-corrected chi connectivity index (χ4v) is 2.22. The van der Waals surface area contributed by atoms with Gasteiger partial charge in [0, 0.05) is 12.1 Å².